The van der Waals surface area contributed by atoms with Crippen molar-refractivity contribution in [3.8, 4) is 0 Å². The monoisotopic (exact) mass is 315 g/mol. The molecular weight excluding hydrogens is 298 g/mol. The van der Waals surface area contributed by atoms with E-state index in [-0.39, 0.29) is 5.56 Å². The van der Waals surface area contributed by atoms with Crippen LogP contribution in [0.4, 0.5) is 0 Å². The van der Waals surface area contributed by atoms with Crippen molar-refractivity contribution in [2.24, 2.45) is 7.05 Å². The van der Waals surface area contributed by atoms with Crippen LogP contribution in [0.5, 0.6) is 0 Å². The van der Waals surface area contributed by atoms with Crippen molar-refractivity contribution in [1.82, 2.24) is 24.2 Å². The molecule has 0 spiro atoms. The van der Waals surface area contributed by atoms with Gasteiger partial charge >= 0.3 is 0 Å². The van der Waals surface area contributed by atoms with Gasteiger partial charge in [-0.15, -0.1) is 11.3 Å². The van der Waals surface area contributed by atoms with E-state index < -0.39 is 0 Å². The van der Waals surface area contributed by atoms with Crippen LogP contribution >= 0.6 is 11.3 Å². The van der Waals surface area contributed by atoms with E-state index in [9.17, 15) is 4.79 Å². The first-order chi connectivity index (χ1) is 10.7. The quantitative estimate of drug-likeness (QED) is 0.714. The maximum absolute atomic E-state index is 12.6. The van der Waals surface area contributed by atoms with Crippen molar-refractivity contribution >= 4 is 21.6 Å². The van der Waals surface area contributed by atoms with Crippen LogP contribution in [0.15, 0.2) is 28.6 Å². The van der Waals surface area contributed by atoms with Gasteiger partial charge in [0.05, 0.1) is 11.6 Å². The molecule has 0 atom stereocenters. The van der Waals surface area contributed by atoms with Crippen molar-refractivity contribution < 1.29 is 0 Å². The molecule has 0 unspecified atom stereocenters. The van der Waals surface area contributed by atoms with Gasteiger partial charge in [-0.25, -0.2) is 4.98 Å². The summed E-state index contributed by atoms with van der Waals surface area (Å²) >= 11 is 1.54. The van der Waals surface area contributed by atoms with E-state index in [1.54, 1.807) is 0 Å². The Labute approximate surface area is 131 Å². The van der Waals surface area contributed by atoms with Crippen LogP contribution in [-0.2, 0) is 26.6 Å². The molecule has 0 saturated carbocycles. The van der Waals surface area contributed by atoms with Crippen LogP contribution in [0.25, 0.3) is 10.2 Å². The molecule has 1 aliphatic heterocycles. The van der Waals surface area contributed by atoms with Crippen LogP contribution in [0.3, 0.4) is 0 Å². The summed E-state index contributed by atoms with van der Waals surface area (Å²) in [5.41, 5.74) is 1.30. The molecule has 6 nitrogen and oxygen atoms in total. The molecule has 0 saturated heterocycles. The molecule has 0 aromatic carbocycles. The molecule has 0 N–H and O–H groups in total. The Bertz CT molecular complexity index is 878. The molecule has 114 valence electrons. The number of hydrogen-bond acceptors (Lipinski definition) is 5. The minimum atomic E-state index is 0.101. The lowest BCUT2D eigenvalue weighted by atomic mass is 10.3. The highest BCUT2D eigenvalue weighted by Crippen LogP contribution is 2.17. The topological polar surface area (TPSA) is 56.0 Å². The summed E-state index contributed by atoms with van der Waals surface area (Å²) in [6.07, 6.45) is 4.75. The Balaban J connectivity index is 1.60. The number of nitrogens with zero attached hydrogens (tertiary/aromatic N) is 5. The van der Waals surface area contributed by atoms with Crippen molar-refractivity contribution in [2.75, 3.05) is 13.1 Å². The molecule has 0 fully saturated rings. The average Bonchev–Trinajstić information content (AvgIpc) is 3.07. The van der Waals surface area contributed by atoms with Gasteiger partial charge in [0.15, 0.2) is 0 Å². The average molecular weight is 315 g/mol. The number of aryl methyl sites for hydroxylation is 1. The van der Waals surface area contributed by atoms with Gasteiger partial charge in [0.2, 0.25) is 0 Å². The van der Waals surface area contributed by atoms with Gasteiger partial charge in [-0.2, -0.15) is 5.10 Å². The number of fused-ring (bicyclic) bond motifs is 2. The van der Waals surface area contributed by atoms with Crippen LogP contribution in [0, 0.1) is 0 Å². The van der Waals surface area contributed by atoms with Gasteiger partial charge in [-0.1, -0.05) is 0 Å². The van der Waals surface area contributed by atoms with Crippen LogP contribution in [0.2, 0.25) is 0 Å². The number of thiophene rings is 1. The smallest absolute Gasteiger partial charge is 0.262 e. The summed E-state index contributed by atoms with van der Waals surface area (Å²) in [6.45, 7) is 3.34. The molecule has 3 aromatic heterocycles. The van der Waals surface area contributed by atoms with E-state index in [4.69, 9.17) is 0 Å². The highest BCUT2D eigenvalue weighted by Gasteiger charge is 2.18. The third kappa shape index (κ3) is 2.36. The SMILES string of the molecule is Cn1cc(CN2CCc3nc4sccc4c(=O)n3CC2)cn1. The predicted molar refractivity (Wildman–Crippen MR) is 86.1 cm³/mol. The van der Waals surface area contributed by atoms with Gasteiger partial charge in [0, 0.05) is 51.4 Å². The summed E-state index contributed by atoms with van der Waals surface area (Å²) in [7, 11) is 1.93. The van der Waals surface area contributed by atoms with Gasteiger partial charge in [0.1, 0.15) is 10.7 Å². The molecule has 0 bridgehead atoms. The number of aromatic nitrogens is 4. The maximum atomic E-state index is 12.6. The lowest BCUT2D eigenvalue weighted by molar-refractivity contribution is 0.271. The van der Waals surface area contributed by atoms with E-state index in [1.807, 2.05) is 40.1 Å². The molecule has 0 radical (unpaired) electrons. The number of hydrogen-bond donors (Lipinski definition) is 0. The standard InChI is InChI=1S/C15H17N5OS/c1-18-9-11(8-16-18)10-19-4-2-13-17-14-12(3-7-22-14)15(21)20(13)6-5-19/h3,7-9H,2,4-6,10H2,1H3. The fourth-order valence-corrected chi connectivity index (χ4v) is 3.77. The van der Waals surface area contributed by atoms with Crippen LogP contribution in [-0.4, -0.2) is 37.3 Å². The maximum Gasteiger partial charge on any atom is 0.262 e. The van der Waals surface area contributed by atoms with E-state index >= 15 is 0 Å². The van der Waals surface area contributed by atoms with Crippen LogP contribution < -0.4 is 5.56 Å². The Morgan fingerprint density at radius 1 is 1.32 bits per heavy atom. The van der Waals surface area contributed by atoms with E-state index in [2.05, 4.69) is 15.0 Å². The highest BCUT2D eigenvalue weighted by atomic mass is 32.1. The Hall–Kier alpha value is -1.99. The van der Waals surface area contributed by atoms with Gasteiger partial charge in [-0.05, 0) is 11.4 Å². The molecule has 0 aliphatic carbocycles. The first-order valence-corrected chi connectivity index (χ1v) is 8.25. The van der Waals surface area contributed by atoms with Crippen molar-refractivity contribution in [3.05, 3.63) is 45.6 Å². The highest BCUT2D eigenvalue weighted by molar-refractivity contribution is 7.16. The summed E-state index contributed by atoms with van der Waals surface area (Å²) in [5, 5.41) is 6.90. The Morgan fingerprint density at radius 3 is 3.05 bits per heavy atom. The first-order valence-electron chi connectivity index (χ1n) is 7.37. The molecule has 7 heteroatoms. The third-order valence-corrected chi connectivity index (χ3v) is 4.93. The zero-order valence-electron chi connectivity index (χ0n) is 12.4. The Morgan fingerprint density at radius 2 is 2.23 bits per heavy atom. The fourth-order valence-electron chi connectivity index (χ4n) is 2.99. The van der Waals surface area contributed by atoms with Crippen molar-refractivity contribution in [1.29, 1.82) is 0 Å². The third-order valence-electron chi connectivity index (χ3n) is 4.12. The zero-order chi connectivity index (χ0) is 15.1. The summed E-state index contributed by atoms with van der Waals surface area (Å²) < 4.78 is 3.67. The number of rotatable bonds is 2. The van der Waals surface area contributed by atoms with Gasteiger partial charge < -0.3 is 0 Å². The molecule has 1 aliphatic rings. The van der Waals surface area contributed by atoms with Crippen molar-refractivity contribution in [2.45, 2.75) is 19.5 Å². The van der Waals surface area contributed by atoms with E-state index in [0.717, 1.165) is 42.1 Å². The van der Waals surface area contributed by atoms with Gasteiger partial charge in [0.25, 0.3) is 5.56 Å². The second kappa shape index (κ2) is 5.33. The second-order valence-corrected chi connectivity index (χ2v) is 6.57. The lowest BCUT2D eigenvalue weighted by Crippen LogP contribution is -2.28. The minimum absolute atomic E-state index is 0.101. The molecule has 22 heavy (non-hydrogen) atoms. The fraction of sp³-hybridized carbons (Fsp3) is 0.400. The molecule has 4 rings (SSSR count). The van der Waals surface area contributed by atoms with Crippen molar-refractivity contribution in [3.63, 3.8) is 0 Å². The van der Waals surface area contributed by atoms with E-state index in [1.165, 1.54) is 16.9 Å². The summed E-state index contributed by atoms with van der Waals surface area (Å²) in [5.74, 6) is 0.911. The lowest BCUT2D eigenvalue weighted by Gasteiger charge is -2.18. The predicted octanol–water partition coefficient (Wildman–Crippen LogP) is 1.25. The Kier molecular flexibility index (Phi) is 3.31. The summed E-state index contributed by atoms with van der Waals surface area (Å²) in [6, 6.07) is 1.88. The molecule has 0 amide bonds. The largest absolute Gasteiger partial charge is 0.297 e. The first kappa shape index (κ1) is 13.7. The molecular formula is C15H17N5OS. The minimum Gasteiger partial charge on any atom is -0.297 e. The molecule has 3 aromatic rings. The van der Waals surface area contributed by atoms with Crippen LogP contribution in [0.1, 0.15) is 11.4 Å². The second-order valence-electron chi connectivity index (χ2n) is 5.67. The summed E-state index contributed by atoms with van der Waals surface area (Å²) in [4.78, 5) is 20.5. The van der Waals surface area contributed by atoms with E-state index in [0.29, 0.717) is 6.54 Å². The zero-order valence-corrected chi connectivity index (χ0v) is 13.2. The van der Waals surface area contributed by atoms with Gasteiger partial charge in [-0.3, -0.25) is 18.9 Å². The normalized spacial score (nSPS) is 15.9. The molecule has 4 heterocycles.